The molecule has 0 aliphatic carbocycles. The van der Waals surface area contributed by atoms with Crippen molar-refractivity contribution >= 4 is 11.6 Å². The van der Waals surface area contributed by atoms with Crippen LogP contribution in [0.2, 0.25) is 0 Å². The van der Waals surface area contributed by atoms with E-state index in [9.17, 15) is 35.5 Å². The van der Waals surface area contributed by atoms with Crippen molar-refractivity contribution in [2.75, 3.05) is 5.32 Å². The molecule has 10 heteroatoms. The summed E-state index contributed by atoms with van der Waals surface area (Å²) in [7, 11) is 0. The molecule has 0 fully saturated rings. The molecule has 130 valence electrons. The summed E-state index contributed by atoms with van der Waals surface area (Å²) in [5.41, 5.74) is -5.87. The molecule has 0 atom stereocenters. The number of amides is 1. The van der Waals surface area contributed by atoms with Crippen molar-refractivity contribution in [1.29, 1.82) is 0 Å². The van der Waals surface area contributed by atoms with Crippen LogP contribution in [0.1, 0.15) is 13.8 Å². The standard InChI is InChI=1S/C13H13F7N2O/c1-7(2)10(23)22-11(12(15,16)17,13(18,19)20)21-9-6-4-3-5-8(9)14/h3-7,21H,1-2H3,(H,22,23). The number of benzene rings is 1. The fourth-order valence-electron chi connectivity index (χ4n) is 1.57. The van der Waals surface area contributed by atoms with E-state index in [1.165, 1.54) is 0 Å². The van der Waals surface area contributed by atoms with Crippen LogP contribution in [0.15, 0.2) is 24.3 Å². The lowest BCUT2D eigenvalue weighted by molar-refractivity contribution is -0.296. The van der Waals surface area contributed by atoms with Crippen LogP contribution in [-0.2, 0) is 4.79 Å². The minimum Gasteiger partial charge on any atom is -0.345 e. The first-order valence-corrected chi connectivity index (χ1v) is 6.30. The van der Waals surface area contributed by atoms with Crippen molar-refractivity contribution in [3.8, 4) is 0 Å². The molecule has 3 nitrogen and oxygen atoms in total. The molecule has 0 aliphatic rings. The van der Waals surface area contributed by atoms with Gasteiger partial charge in [0.1, 0.15) is 5.82 Å². The maximum Gasteiger partial charge on any atom is 0.439 e. The Labute approximate surface area is 126 Å². The highest BCUT2D eigenvalue weighted by Gasteiger charge is 2.72. The van der Waals surface area contributed by atoms with Crippen LogP contribution in [0, 0.1) is 11.7 Å². The predicted octanol–water partition coefficient (Wildman–Crippen LogP) is 3.83. The molecule has 0 saturated carbocycles. The average molecular weight is 346 g/mol. The number of rotatable bonds is 4. The zero-order valence-electron chi connectivity index (χ0n) is 11.9. The summed E-state index contributed by atoms with van der Waals surface area (Å²) in [6.07, 6.45) is -11.9. The molecule has 0 aromatic heterocycles. The summed E-state index contributed by atoms with van der Waals surface area (Å²) in [6, 6.07) is 3.52. The molecule has 0 spiro atoms. The molecule has 1 amide bonds. The van der Waals surface area contributed by atoms with E-state index in [0.717, 1.165) is 36.6 Å². The Kier molecular flexibility index (Phi) is 5.17. The van der Waals surface area contributed by atoms with Gasteiger partial charge >= 0.3 is 18.0 Å². The zero-order chi connectivity index (χ0) is 18.1. The Morgan fingerprint density at radius 1 is 1.00 bits per heavy atom. The van der Waals surface area contributed by atoms with E-state index in [2.05, 4.69) is 0 Å². The molecule has 2 N–H and O–H groups in total. The lowest BCUT2D eigenvalue weighted by atomic mass is 10.1. The van der Waals surface area contributed by atoms with Crippen LogP contribution in [0.25, 0.3) is 0 Å². The number of para-hydroxylation sites is 1. The molecule has 0 saturated heterocycles. The fraction of sp³-hybridized carbons (Fsp3) is 0.462. The molecular formula is C13H13F7N2O. The van der Waals surface area contributed by atoms with E-state index in [1.54, 1.807) is 0 Å². The van der Waals surface area contributed by atoms with Crippen LogP contribution in [-0.4, -0.2) is 23.9 Å². The van der Waals surface area contributed by atoms with E-state index in [4.69, 9.17) is 0 Å². The third-order valence-electron chi connectivity index (χ3n) is 2.88. The number of hydrogen-bond acceptors (Lipinski definition) is 2. The summed E-state index contributed by atoms with van der Waals surface area (Å²) >= 11 is 0. The summed E-state index contributed by atoms with van der Waals surface area (Å²) < 4.78 is 92.6. The highest BCUT2D eigenvalue weighted by molar-refractivity contribution is 5.79. The third kappa shape index (κ3) is 3.85. The smallest absolute Gasteiger partial charge is 0.345 e. The number of hydrogen-bond donors (Lipinski definition) is 2. The van der Waals surface area contributed by atoms with Crippen LogP contribution in [0.5, 0.6) is 0 Å². The number of carbonyl (C=O) groups excluding carboxylic acids is 1. The van der Waals surface area contributed by atoms with Crippen molar-refractivity contribution < 1.29 is 35.5 Å². The normalized spacial score (nSPS) is 13.1. The fourth-order valence-corrected chi connectivity index (χ4v) is 1.57. The number of alkyl halides is 6. The Morgan fingerprint density at radius 2 is 1.48 bits per heavy atom. The Morgan fingerprint density at radius 3 is 1.87 bits per heavy atom. The Hall–Kier alpha value is -2.00. The lowest BCUT2D eigenvalue weighted by Gasteiger charge is -2.39. The Bertz CT molecular complexity index is 552. The van der Waals surface area contributed by atoms with Gasteiger partial charge in [-0.05, 0) is 12.1 Å². The van der Waals surface area contributed by atoms with Gasteiger partial charge in [0.15, 0.2) is 0 Å². The predicted molar refractivity (Wildman–Crippen MR) is 67.8 cm³/mol. The first-order valence-electron chi connectivity index (χ1n) is 6.30. The summed E-state index contributed by atoms with van der Waals surface area (Å²) in [4.78, 5) is 11.5. The zero-order valence-corrected chi connectivity index (χ0v) is 11.9. The first-order chi connectivity index (χ1) is 10.3. The van der Waals surface area contributed by atoms with Gasteiger partial charge in [0.2, 0.25) is 5.91 Å². The van der Waals surface area contributed by atoms with Gasteiger partial charge in [0.05, 0.1) is 5.69 Å². The van der Waals surface area contributed by atoms with Gasteiger partial charge in [-0.2, -0.15) is 26.3 Å². The van der Waals surface area contributed by atoms with Crippen LogP contribution in [0.4, 0.5) is 36.4 Å². The molecule has 23 heavy (non-hydrogen) atoms. The van der Waals surface area contributed by atoms with Gasteiger partial charge in [-0.15, -0.1) is 0 Å². The minimum absolute atomic E-state index is 0.685. The maximum atomic E-state index is 13.5. The SMILES string of the molecule is CC(C)C(=O)NC(Nc1ccccc1F)(C(F)(F)F)C(F)(F)F. The quantitative estimate of drug-likeness (QED) is 0.643. The molecule has 0 bridgehead atoms. The summed E-state index contributed by atoms with van der Waals surface area (Å²) in [5, 5.41) is 1.99. The highest BCUT2D eigenvalue weighted by Crippen LogP contribution is 2.44. The molecular weight excluding hydrogens is 333 g/mol. The first kappa shape index (κ1) is 19.0. The monoisotopic (exact) mass is 346 g/mol. The molecule has 0 radical (unpaired) electrons. The molecule has 0 heterocycles. The second-order valence-corrected chi connectivity index (χ2v) is 4.99. The van der Waals surface area contributed by atoms with Gasteiger partial charge in [-0.1, -0.05) is 26.0 Å². The largest absolute Gasteiger partial charge is 0.439 e. The summed E-state index contributed by atoms with van der Waals surface area (Å²) in [5.74, 6) is -3.98. The maximum absolute atomic E-state index is 13.5. The number of halogens is 7. The number of carbonyl (C=O) groups is 1. The minimum atomic E-state index is -5.97. The second kappa shape index (κ2) is 6.25. The summed E-state index contributed by atoms with van der Waals surface area (Å²) in [6.45, 7) is 2.24. The van der Waals surface area contributed by atoms with Crippen LogP contribution >= 0.6 is 0 Å². The van der Waals surface area contributed by atoms with Crippen LogP contribution < -0.4 is 10.6 Å². The van der Waals surface area contributed by atoms with Crippen molar-refractivity contribution in [3.63, 3.8) is 0 Å². The molecule has 0 aliphatic heterocycles. The molecule has 1 rings (SSSR count). The lowest BCUT2D eigenvalue weighted by Crippen LogP contribution is -2.72. The van der Waals surface area contributed by atoms with Gasteiger partial charge in [-0.3, -0.25) is 4.79 Å². The van der Waals surface area contributed by atoms with E-state index < -0.39 is 41.3 Å². The third-order valence-corrected chi connectivity index (χ3v) is 2.88. The van der Waals surface area contributed by atoms with E-state index in [1.807, 2.05) is 0 Å². The van der Waals surface area contributed by atoms with Gasteiger partial charge < -0.3 is 10.6 Å². The number of nitrogens with one attached hydrogen (secondary N) is 2. The average Bonchev–Trinajstić information content (AvgIpc) is 2.37. The van der Waals surface area contributed by atoms with Gasteiger partial charge in [0, 0.05) is 5.92 Å². The van der Waals surface area contributed by atoms with Gasteiger partial charge in [0.25, 0.3) is 0 Å². The number of anilines is 1. The highest BCUT2D eigenvalue weighted by atomic mass is 19.4. The van der Waals surface area contributed by atoms with E-state index in [-0.39, 0.29) is 0 Å². The van der Waals surface area contributed by atoms with Crippen molar-refractivity contribution in [1.82, 2.24) is 5.32 Å². The van der Waals surface area contributed by atoms with Crippen molar-refractivity contribution in [2.24, 2.45) is 5.92 Å². The molecule has 0 unspecified atom stereocenters. The second-order valence-electron chi connectivity index (χ2n) is 4.99. The van der Waals surface area contributed by atoms with E-state index >= 15 is 0 Å². The Balaban J connectivity index is 3.45. The topological polar surface area (TPSA) is 41.1 Å². The van der Waals surface area contributed by atoms with Crippen molar-refractivity contribution in [3.05, 3.63) is 30.1 Å². The molecule has 1 aromatic rings. The van der Waals surface area contributed by atoms with E-state index in [0.29, 0.717) is 12.1 Å². The van der Waals surface area contributed by atoms with Gasteiger partial charge in [-0.25, -0.2) is 4.39 Å². The van der Waals surface area contributed by atoms with Crippen molar-refractivity contribution in [2.45, 2.75) is 31.9 Å². The van der Waals surface area contributed by atoms with Crippen LogP contribution in [0.3, 0.4) is 0 Å². The molecule has 1 aromatic carbocycles.